The molecule has 1 saturated carbocycles. The first-order valence-electron chi connectivity index (χ1n) is 8.11. The molecule has 0 bridgehead atoms. The maximum atomic E-state index is 8.41. The Kier molecular flexibility index (Phi) is 8.25. The van der Waals surface area contributed by atoms with Gasteiger partial charge in [0.1, 0.15) is 0 Å². The summed E-state index contributed by atoms with van der Waals surface area (Å²) in [6, 6.07) is 6.74. The molecule has 1 aliphatic carbocycles. The minimum absolute atomic E-state index is 0.500. The van der Waals surface area contributed by atoms with Gasteiger partial charge in [0.2, 0.25) is 0 Å². The van der Waals surface area contributed by atoms with Crippen LogP contribution in [0.5, 0.6) is 0 Å². The molecule has 1 saturated heterocycles. The van der Waals surface area contributed by atoms with E-state index < -0.39 is 0 Å². The molecule has 1 aromatic rings. The summed E-state index contributed by atoms with van der Waals surface area (Å²) < 4.78 is 5.71. The molecule has 1 N–H and O–H groups in total. The van der Waals surface area contributed by atoms with Crippen molar-refractivity contribution in [3.05, 3.63) is 27.1 Å². The fourth-order valence-electron chi connectivity index (χ4n) is 2.57. The zero-order valence-corrected chi connectivity index (χ0v) is 17.4. The Morgan fingerprint density at radius 2 is 2.09 bits per heavy atom. The zero-order chi connectivity index (χ0) is 16.7. The van der Waals surface area contributed by atoms with Gasteiger partial charge in [0.15, 0.2) is 6.19 Å². The van der Waals surface area contributed by atoms with E-state index >= 15 is 0 Å². The number of nitrogens with zero attached hydrogens (tertiary/aromatic N) is 2. The number of benzene rings is 1. The summed E-state index contributed by atoms with van der Waals surface area (Å²) in [6.07, 6.45) is 8.73. The van der Waals surface area contributed by atoms with Crippen molar-refractivity contribution in [2.75, 3.05) is 13.1 Å². The average molecular weight is 461 g/mol. The van der Waals surface area contributed by atoms with Crippen LogP contribution >= 0.6 is 43.8 Å². The fourth-order valence-corrected chi connectivity index (χ4v) is 4.40. The van der Waals surface area contributed by atoms with Gasteiger partial charge < -0.3 is 4.90 Å². The highest BCUT2D eigenvalue weighted by Crippen LogP contribution is 2.30. The Morgan fingerprint density at radius 3 is 2.61 bits per heavy atom. The summed E-state index contributed by atoms with van der Waals surface area (Å²) in [5.41, 5.74) is 0. The van der Waals surface area contributed by atoms with Gasteiger partial charge in [-0.15, -0.1) is 0 Å². The van der Waals surface area contributed by atoms with Crippen molar-refractivity contribution in [3.8, 4) is 6.19 Å². The Bertz CT molecular complexity index is 543. The van der Waals surface area contributed by atoms with Crippen LogP contribution in [0.3, 0.4) is 0 Å². The molecular weight excluding hydrogens is 438 g/mol. The molecule has 126 valence electrons. The van der Waals surface area contributed by atoms with Crippen molar-refractivity contribution in [1.29, 1.82) is 5.26 Å². The Balaban J connectivity index is 0.000000203. The largest absolute Gasteiger partial charge is 0.308 e. The molecular formula is C17H23Br2N3S. The molecule has 3 rings (SSSR count). The molecule has 0 spiro atoms. The lowest BCUT2D eigenvalue weighted by Gasteiger charge is -2.25. The predicted molar refractivity (Wildman–Crippen MR) is 104 cm³/mol. The third-order valence-corrected chi connectivity index (χ3v) is 6.67. The molecule has 0 unspecified atom stereocenters. The predicted octanol–water partition coefficient (Wildman–Crippen LogP) is 5.56. The van der Waals surface area contributed by atoms with Crippen LogP contribution < -0.4 is 4.72 Å². The van der Waals surface area contributed by atoms with E-state index in [0.29, 0.717) is 6.04 Å². The summed E-state index contributed by atoms with van der Waals surface area (Å²) in [7, 11) is 0. The van der Waals surface area contributed by atoms with E-state index in [2.05, 4.69) is 61.8 Å². The van der Waals surface area contributed by atoms with Crippen LogP contribution in [0.15, 0.2) is 32.0 Å². The van der Waals surface area contributed by atoms with E-state index in [-0.39, 0.29) is 0 Å². The summed E-state index contributed by atoms with van der Waals surface area (Å²) in [4.78, 5) is 3.07. The quantitative estimate of drug-likeness (QED) is 0.471. The molecule has 0 aromatic heterocycles. The number of halogens is 2. The molecule has 1 heterocycles. The number of hydrogen-bond donors (Lipinski definition) is 1. The molecule has 0 amide bonds. The smallest absolute Gasteiger partial charge is 0.179 e. The molecule has 6 heteroatoms. The van der Waals surface area contributed by atoms with Crippen LogP contribution in [-0.2, 0) is 0 Å². The maximum Gasteiger partial charge on any atom is 0.179 e. The van der Waals surface area contributed by atoms with Gasteiger partial charge >= 0.3 is 0 Å². The normalized spacial score (nSPS) is 20.4. The first-order chi connectivity index (χ1) is 11.1. The van der Waals surface area contributed by atoms with E-state index in [9.17, 15) is 0 Å². The van der Waals surface area contributed by atoms with Gasteiger partial charge in [0, 0.05) is 33.0 Å². The van der Waals surface area contributed by atoms with Crippen molar-refractivity contribution in [3.63, 3.8) is 0 Å². The standard InChI is InChI=1S/C11H13Br2NS.C6H10N2/c12-9-4-5-10(13)11(6-9)15-14-7-8-2-1-3-8;1-6-3-2-4-8(6)5-7/h4-6,8,14H,1-3,7H2;6H,2-4H2,1H3/t;6-/m.0/s1. The van der Waals surface area contributed by atoms with E-state index in [1.807, 2.05) is 11.0 Å². The summed E-state index contributed by atoms with van der Waals surface area (Å²) in [5.74, 6) is 0.906. The van der Waals surface area contributed by atoms with Gasteiger partial charge in [-0.2, -0.15) is 5.26 Å². The van der Waals surface area contributed by atoms with E-state index in [1.165, 1.54) is 37.0 Å². The van der Waals surface area contributed by atoms with Gasteiger partial charge in [0.25, 0.3) is 0 Å². The minimum atomic E-state index is 0.500. The van der Waals surface area contributed by atoms with Gasteiger partial charge in [-0.3, -0.25) is 4.72 Å². The first-order valence-corrected chi connectivity index (χ1v) is 10.5. The Morgan fingerprint density at radius 1 is 1.30 bits per heavy atom. The molecule has 3 nitrogen and oxygen atoms in total. The number of rotatable bonds is 4. The van der Waals surface area contributed by atoms with Crippen molar-refractivity contribution in [2.45, 2.75) is 50.0 Å². The highest BCUT2D eigenvalue weighted by molar-refractivity contribution is 9.11. The second-order valence-electron chi connectivity index (χ2n) is 6.11. The van der Waals surface area contributed by atoms with Crippen molar-refractivity contribution < 1.29 is 0 Å². The maximum absolute atomic E-state index is 8.41. The topological polar surface area (TPSA) is 39.1 Å². The van der Waals surface area contributed by atoms with Crippen molar-refractivity contribution in [1.82, 2.24) is 9.62 Å². The van der Waals surface area contributed by atoms with Crippen LogP contribution in [0, 0.1) is 17.4 Å². The molecule has 1 aliphatic heterocycles. The van der Waals surface area contributed by atoms with Gasteiger partial charge in [-0.25, -0.2) is 0 Å². The number of nitrogens with one attached hydrogen (secondary N) is 1. The van der Waals surface area contributed by atoms with Crippen molar-refractivity contribution >= 4 is 43.8 Å². The van der Waals surface area contributed by atoms with E-state index in [1.54, 1.807) is 11.9 Å². The highest BCUT2D eigenvalue weighted by Gasteiger charge is 2.17. The van der Waals surface area contributed by atoms with E-state index in [4.69, 9.17) is 5.26 Å². The monoisotopic (exact) mass is 459 g/mol. The average Bonchev–Trinajstić information content (AvgIpc) is 2.91. The highest BCUT2D eigenvalue weighted by atomic mass is 79.9. The van der Waals surface area contributed by atoms with Crippen LogP contribution in [0.4, 0.5) is 0 Å². The molecule has 1 atom stereocenters. The summed E-state index contributed by atoms with van der Waals surface area (Å²) >= 11 is 8.74. The van der Waals surface area contributed by atoms with E-state index in [0.717, 1.165) is 28.0 Å². The Hall–Kier alpha value is -0.220. The van der Waals surface area contributed by atoms with Crippen LogP contribution in [-0.4, -0.2) is 24.0 Å². The molecule has 0 radical (unpaired) electrons. The van der Waals surface area contributed by atoms with Gasteiger partial charge in [-0.05, 0) is 84.6 Å². The molecule has 2 aliphatic rings. The SMILES string of the molecule is Brc1ccc(Br)c(SNCC2CCC2)c1.C[C@H]1CCCN1C#N. The third kappa shape index (κ3) is 6.30. The van der Waals surface area contributed by atoms with Crippen LogP contribution in [0.2, 0.25) is 0 Å². The minimum Gasteiger partial charge on any atom is -0.308 e. The molecule has 1 aromatic carbocycles. The van der Waals surface area contributed by atoms with Crippen LogP contribution in [0.25, 0.3) is 0 Å². The van der Waals surface area contributed by atoms with Gasteiger partial charge in [-0.1, -0.05) is 22.4 Å². The van der Waals surface area contributed by atoms with Crippen molar-refractivity contribution in [2.24, 2.45) is 5.92 Å². The lowest BCUT2D eigenvalue weighted by molar-refractivity contribution is 0.319. The second kappa shape index (κ2) is 9.93. The molecule has 23 heavy (non-hydrogen) atoms. The number of hydrogen-bond acceptors (Lipinski definition) is 4. The second-order valence-corrected chi connectivity index (χ2v) is 8.81. The van der Waals surface area contributed by atoms with Crippen LogP contribution in [0.1, 0.15) is 39.0 Å². The summed E-state index contributed by atoms with van der Waals surface area (Å²) in [6.45, 7) is 4.19. The Labute approximate surface area is 160 Å². The van der Waals surface area contributed by atoms with Gasteiger partial charge in [0.05, 0.1) is 0 Å². The number of nitriles is 1. The lowest BCUT2D eigenvalue weighted by Crippen LogP contribution is -2.22. The first kappa shape index (κ1) is 19.1. The fraction of sp³-hybridized carbons (Fsp3) is 0.588. The number of likely N-dealkylation sites (tertiary alicyclic amines) is 1. The summed E-state index contributed by atoms with van der Waals surface area (Å²) in [5, 5.41) is 8.41. The lowest BCUT2D eigenvalue weighted by atomic mass is 9.86. The zero-order valence-electron chi connectivity index (χ0n) is 13.4. The molecule has 2 fully saturated rings. The third-order valence-electron chi connectivity index (χ3n) is 4.35.